The summed E-state index contributed by atoms with van der Waals surface area (Å²) >= 11 is 1.32. The number of hydrogen-bond donors (Lipinski definition) is 0. The van der Waals surface area contributed by atoms with Crippen LogP contribution in [-0.2, 0) is 14.3 Å². The lowest BCUT2D eigenvalue weighted by Gasteiger charge is -2.25. The van der Waals surface area contributed by atoms with Crippen LogP contribution in [0.4, 0.5) is 13.2 Å². The summed E-state index contributed by atoms with van der Waals surface area (Å²) in [5.74, 6) is -4.46. The van der Waals surface area contributed by atoms with Crippen molar-refractivity contribution in [1.29, 1.82) is 0 Å². The lowest BCUT2D eigenvalue weighted by Crippen LogP contribution is -2.29. The lowest BCUT2D eigenvalue weighted by atomic mass is 9.79. The highest BCUT2D eigenvalue weighted by atomic mass is 32.1. The van der Waals surface area contributed by atoms with Crippen LogP contribution in [0.2, 0.25) is 0 Å². The van der Waals surface area contributed by atoms with E-state index in [0.29, 0.717) is 11.1 Å². The third kappa shape index (κ3) is 4.23. The molecule has 0 spiro atoms. The van der Waals surface area contributed by atoms with Gasteiger partial charge < -0.3 is 4.74 Å². The van der Waals surface area contributed by atoms with E-state index in [-0.39, 0.29) is 0 Å². The minimum absolute atomic E-state index is 0.483. The van der Waals surface area contributed by atoms with Gasteiger partial charge in [-0.15, -0.1) is 0 Å². The summed E-state index contributed by atoms with van der Waals surface area (Å²) in [4.78, 5) is 23.8. The van der Waals surface area contributed by atoms with Gasteiger partial charge in [0.1, 0.15) is 0 Å². The number of esters is 1. The van der Waals surface area contributed by atoms with E-state index in [9.17, 15) is 22.8 Å². The maximum atomic E-state index is 12.8. The SMILES string of the molecule is COC(=O)[C@@H](c1ccsc1)[C@@H](CC(=O)C(F)(F)F)c1ccccc1. The summed E-state index contributed by atoms with van der Waals surface area (Å²) in [6.07, 6.45) is -5.76. The molecule has 1 aromatic carbocycles. The first-order chi connectivity index (χ1) is 11.3. The number of ether oxygens (including phenoxy) is 1. The van der Waals surface area contributed by atoms with Crippen LogP contribution in [0.15, 0.2) is 47.2 Å². The van der Waals surface area contributed by atoms with Gasteiger partial charge in [-0.3, -0.25) is 9.59 Å². The predicted molar refractivity (Wildman–Crippen MR) is 83.9 cm³/mol. The van der Waals surface area contributed by atoms with E-state index in [1.807, 2.05) is 0 Å². The van der Waals surface area contributed by atoms with Crippen LogP contribution in [0.5, 0.6) is 0 Å². The zero-order valence-electron chi connectivity index (χ0n) is 12.7. The fraction of sp³-hybridized carbons (Fsp3) is 0.294. The Labute approximate surface area is 141 Å². The topological polar surface area (TPSA) is 43.4 Å². The van der Waals surface area contributed by atoms with E-state index >= 15 is 0 Å². The van der Waals surface area contributed by atoms with Crippen LogP contribution in [0.3, 0.4) is 0 Å². The number of carbonyl (C=O) groups excluding carboxylic acids is 2. The second-order valence-corrected chi connectivity index (χ2v) is 5.98. The maximum Gasteiger partial charge on any atom is 0.449 e. The zero-order chi connectivity index (χ0) is 17.7. The molecule has 0 unspecified atom stereocenters. The van der Waals surface area contributed by atoms with Crippen molar-refractivity contribution in [3.8, 4) is 0 Å². The molecule has 24 heavy (non-hydrogen) atoms. The van der Waals surface area contributed by atoms with Gasteiger partial charge in [0.05, 0.1) is 13.0 Å². The molecule has 0 fully saturated rings. The van der Waals surface area contributed by atoms with E-state index < -0.39 is 36.2 Å². The molecular weight excluding hydrogens is 341 g/mol. The normalized spacial score (nSPS) is 14.0. The Balaban J connectivity index is 2.46. The largest absolute Gasteiger partial charge is 0.469 e. The first-order valence-electron chi connectivity index (χ1n) is 7.09. The molecule has 0 aliphatic carbocycles. The van der Waals surface area contributed by atoms with Crippen LogP contribution in [0.1, 0.15) is 29.4 Å². The lowest BCUT2D eigenvalue weighted by molar-refractivity contribution is -0.171. The molecule has 0 aliphatic heterocycles. The molecule has 3 nitrogen and oxygen atoms in total. The van der Waals surface area contributed by atoms with E-state index in [4.69, 9.17) is 4.74 Å². The van der Waals surface area contributed by atoms with Crippen molar-refractivity contribution in [3.63, 3.8) is 0 Å². The Morgan fingerprint density at radius 2 is 1.79 bits per heavy atom. The number of benzene rings is 1. The fourth-order valence-electron chi connectivity index (χ4n) is 2.56. The molecule has 0 bridgehead atoms. The third-order valence-corrected chi connectivity index (χ3v) is 4.41. The van der Waals surface area contributed by atoms with E-state index in [2.05, 4.69) is 0 Å². The molecule has 0 N–H and O–H groups in total. The number of hydrogen-bond acceptors (Lipinski definition) is 4. The van der Waals surface area contributed by atoms with Gasteiger partial charge in [-0.1, -0.05) is 30.3 Å². The zero-order valence-corrected chi connectivity index (χ0v) is 13.6. The van der Waals surface area contributed by atoms with Crippen molar-refractivity contribution >= 4 is 23.1 Å². The van der Waals surface area contributed by atoms with Crippen LogP contribution >= 0.6 is 11.3 Å². The number of methoxy groups -OCH3 is 1. The Bertz CT molecular complexity index is 681. The number of halogens is 3. The van der Waals surface area contributed by atoms with E-state index in [1.165, 1.54) is 18.4 Å². The number of ketones is 1. The minimum Gasteiger partial charge on any atom is -0.469 e. The number of rotatable bonds is 6. The van der Waals surface area contributed by atoms with Gasteiger partial charge in [0.15, 0.2) is 0 Å². The first-order valence-corrected chi connectivity index (χ1v) is 8.03. The average molecular weight is 356 g/mol. The van der Waals surface area contributed by atoms with Gasteiger partial charge in [-0.2, -0.15) is 24.5 Å². The molecular formula is C17H15F3O3S. The Hall–Kier alpha value is -2.15. The molecule has 128 valence electrons. The highest BCUT2D eigenvalue weighted by Crippen LogP contribution is 2.39. The van der Waals surface area contributed by atoms with Gasteiger partial charge in [-0.05, 0) is 28.0 Å². The van der Waals surface area contributed by atoms with Gasteiger partial charge in [0.2, 0.25) is 5.78 Å². The molecule has 0 amide bonds. The summed E-state index contributed by atoms with van der Waals surface area (Å²) in [5.41, 5.74) is 1.02. The standard InChI is InChI=1S/C17H15F3O3S/c1-23-16(22)15(12-7-8-24-10-12)13(9-14(21)17(18,19)20)11-5-3-2-4-6-11/h2-8,10,13,15H,9H2,1H3/t13-,15-/m0/s1. The number of carbonyl (C=O) groups is 2. The van der Waals surface area contributed by atoms with Gasteiger partial charge in [-0.25, -0.2) is 0 Å². The van der Waals surface area contributed by atoms with Crippen molar-refractivity contribution < 1.29 is 27.5 Å². The van der Waals surface area contributed by atoms with Crippen LogP contribution in [0.25, 0.3) is 0 Å². The molecule has 0 aliphatic rings. The quantitative estimate of drug-likeness (QED) is 0.725. The molecule has 1 heterocycles. The third-order valence-electron chi connectivity index (χ3n) is 3.71. The molecule has 7 heteroatoms. The van der Waals surface area contributed by atoms with Crippen LogP contribution < -0.4 is 0 Å². The molecule has 0 saturated carbocycles. The summed E-state index contributed by atoms with van der Waals surface area (Å²) in [6, 6.07) is 9.89. The average Bonchev–Trinajstić information content (AvgIpc) is 3.07. The first kappa shape index (κ1) is 18.2. The Morgan fingerprint density at radius 3 is 2.29 bits per heavy atom. The van der Waals surface area contributed by atoms with E-state index in [1.54, 1.807) is 47.2 Å². The summed E-state index contributed by atoms with van der Waals surface area (Å²) in [5, 5.41) is 3.40. The number of alkyl halides is 3. The number of Topliss-reactive ketones (excluding diaryl/α,β-unsaturated/α-hetero) is 1. The molecule has 2 atom stereocenters. The van der Waals surface area contributed by atoms with E-state index in [0.717, 1.165) is 0 Å². The summed E-state index contributed by atoms with van der Waals surface area (Å²) in [6.45, 7) is 0. The van der Waals surface area contributed by atoms with Crippen molar-refractivity contribution in [2.75, 3.05) is 7.11 Å². The second kappa shape index (κ2) is 7.61. The fourth-order valence-corrected chi connectivity index (χ4v) is 3.25. The smallest absolute Gasteiger partial charge is 0.449 e. The number of thiophene rings is 1. The van der Waals surface area contributed by atoms with Crippen molar-refractivity contribution in [2.24, 2.45) is 0 Å². The Morgan fingerprint density at radius 1 is 1.12 bits per heavy atom. The van der Waals surface area contributed by atoms with Crippen molar-refractivity contribution in [3.05, 3.63) is 58.3 Å². The van der Waals surface area contributed by atoms with Crippen LogP contribution in [-0.4, -0.2) is 25.0 Å². The highest BCUT2D eigenvalue weighted by molar-refractivity contribution is 7.08. The highest BCUT2D eigenvalue weighted by Gasteiger charge is 2.43. The van der Waals surface area contributed by atoms with Crippen molar-refractivity contribution in [1.82, 2.24) is 0 Å². The Kier molecular flexibility index (Phi) is 5.77. The minimum atomic E-state index is -4.94. The molecule has 0 radical (unpaired) electrons. The van der Waals surface area contributed by atoms with Crippen molar-refractivity contribution in [2.45, 2.75) is 24.4 Å². The van der Waals surface area contributed by atoms with Gasteiger partial charge >= 0.3 is 12.1 Å². The molecule has 0 saturated heterocycles. The monoisotopic (exact) mass is 356 g/mol. The molecule has 2 rings (SSSR count). The van der Waals surface area contributed by atoms with Crippen LogP contribution in [0, 0.1) is 0 Å². The van der Waals surface area contributed by atoms with Gasteiger partial charge in [0, 0.05) is 12.3 Å². The maximum absolute atomic E-state index is 12.8. The summed E-state index contributed by atoms with van der Waals surface area (Å²) < 4.78 is 43.0. The molecule has 2 aromatic rings. The predicted octanol–water partition coefficient (Wildman–Crippen LogP) is 4.31. The second-order valence-electron chi connectivity index (χ2n) is 5.20. The summed E-state index contributed by atoms with van der Waals surface area (Å²) in [7, 11) is 1.18. The van der Waals surface area contributed by atoms with Gasteiger partial charge in [0.25, 0.3) is 0 Å². The molecule has 1 aromatic heterocycles.